The van der Waals surface area contributed by atoms with Crippen LogP contribution < -0.4 is 4.74 Å². The topological polar surface area (TPSA) is 47.9 Å². The van der Waals surface area contributed by atoms with E-state index in [0.29, 0.717) is 0 Å². The first kappa shape index (κ1) is 23.2. The molecule has 0 fully saturated rings. The first-order chi connectivity index (χ1) is 12.7. The molecule has 0 spiro atoms. The molecule has 0 amide bonds. The maximum atomic E-state index is 12.3. The van der Waals surface area contributed by atoms with E-state index in [9.17, 15) is 4.39 Å². The number of hydrogen-bond donors (Lipinski definition) is 0. The highest BCUT2D eigenvalue weighted by Gasteiger charge is 1.90. The minimum Gasteiger partial charge on any atom is -0.495 e. The molecule has 0 aliphatic heterocycles. The average Bonchev–Trinajstić information content (AvgIpc) is 2.71. The van der Waals surface area contributed by atoms with Gasteiger partial charge in [-0.2, -0.15) is 0 Å². The molecule has 0 saturated carbocycles. The Morgan fingerprint density at radius 1 is 0.923 bits per heavy atom. The van der Waals surface area contributed by atoms with Crippen molar-refractivity contribution in [2.45, 2.75) is 34.1 Å². The van der Waals surface area contributed by atoms with Crippen molar-refractivity contribution < 1.29 is 9.13 Å². The number of ether oxygens (including phenoxy) is 1. The summed E-state index contributed by atoms with van der Waals surface area (Å²) in [6.07, 6.45) is 10.7. The second kappa shape index (κ2) is 15.7. The van der Waals surface area contributed by atoms with Crippen molar-refractivity contribution in [3.05, 3.63) is 84.5 Å². The van der Waals surface area contributed by atoms with Crippen LogP contribution >= 0.6 is 0 Å². The SMILES string of the molecule is CC.CCc1cncc(F)c1.COc1cccnc1.Cc1cccnc1. The zero-order valence-corrected chi connectivity index (χ0v) is 16.2. The van der Waals surface area contributed by atoms with E-state index in [-0.39, 0.29) is 5.82 Å². The van der Waals surface area contributed by atoms with Gasteiger partial charge in [-0.3, -0.25) is 15.0 Å². The summed E-state index contributed by atoms with van der Waals surface area (Å²) >= 11 is 0. The fraction of sp³-hybridized carbons (Fsp3) is 0.286. The van der Waals surface area contributed by atoms with Crippen molar-refractivity contribution in [3.63, 3.8) is 0 Å². The summed E-state index contributed by atoms with van der Waals surface area (Å²) in [6, 6.07) is 9.13. The van der Waals surface area contributed by atoms with Gasteiger partial charge < -0.3 is 4.74 Å². The summed E-state index contributed by atoms with van der Waals surface area (Å²) in [5.41, 5.74) is 2.15. The molecule has 0 bridgehead atoms. The average molecular weight is 357 g/mol. The van der Waals surface area contributed by atoms with Gasteiger partial charge in [0, 0.05) is 24.8 Å². The first-order valence-electron chi connectivity index (χ1n) is 8.55. The van der Waals surface area contributed by atoms with Crippen LogP contribution in [-0.2, 0) is 6.42 Å². The van der Waals surface area contributed by atoms with E-state index in [1.807, 2.05) is 58.2 Å². The van der Waals surface area contributed by atoms with Gasteiger partial charge in [0.15, 0.2) is 0 Å². The van der Waals surface area contributed by atoms with Gasteiger partial charge in [0.25, 0.3) is 0 Å². The molecule has 3 aromatic heterocycles. The summed E-state index contributed by atoms with van der Waals surface area (Å²) < 4.78 is 17.1. The van der Waals surface area contributed by atoms with Crippen molar-refractivity contribution in [2.24, 2.45) is 0 Å². The number of aromatic nitrogens is 3. The highest BCUT2D eigenvalue weighted by Crippen LogP contribution is 2.03. The Kier molecular flexibility index (Phi) is 14.0. The van der Waals surface area contributed by atoms with Gasteiger partial charge >= 0.3 is 0 Å². The summed E-state index contributed by atoms with van der Waals surface area (Å²) in [5.74, 6) is 0.543. The van der Waals surface area contributed by atoms with Crippen LogP contribution in [0, 0.1) is 12.7 Å². The van der Waals surface area contributed by atoms with E-state index in [1.165, 1.54) is 17.8 Å². The van der Waals surface area contributed by atoms with Gasteiger partial charge in [-0.15, -0.1) is 0 Å². The molecule has 140 valence electrons. The Morgan fingerprint density at radius 3 is 1.88 bits per heavy atom. The maximum Gasteiger partial charge on any atom is 0.141 e. The fourth-order valence-corrected chi connectivity index (χ4v) is 1.57. The molecule has 0 saturated heterocycles. The van der Waals surface area contributed by atoms with Crippen molar-refractivity contribution in [1.82, 2.24) is 15.0 Å². The molecule has 4 nitrogen and oxygen atoms in total. The van der Waals surface area contributed by atoms with E-state index in [4.69, 9.17) is 4.74 Å². The van der Waals surface area contributed by atoms with Crippen LogP contribution in [-0.4, -0.2) is 22.1 Å². The Bertz CT molecular complexity index is 679. The number of hydrogen-bond acceptors (Lipinski definition) is 4. The predicted octanol–water partition coefficient (Wildman–Crippen LogP) is 5.29. The van der Waals surface area contributed by atoms with E-state index in [0.717, 1.165) is 17.7 Å². The lowest BCUT2D eigenvalue weighted by molar-refractivity contribution is 0.413. The van der Waals surface area contributed by atoms with Crippen LogP contribution in [0.1, 0.15) is 31.9 Å². The molecular weight excluding hydrogens is 329 g/mol. The lowest BCUT2D eigenvalue weighted by Gasteiger charge is -1.93. The zero-order chi connectivity index (χ0) is 19.6. The van der Waals surface area contributed by atoms with Crippen LogP contribution in [0.15, 0.2) is 67.5 Å². The normalized spacial score (nSPS) is 8.54. The van der Waals surface area contributed by atoms with E-state index in [2.05, 4.69) is 15.0 Å². The molecule has 3 aromatic rings. The van der Waals surface area contributed by atoms with Gasteiger partial charge in [-0.05, 0) is 48.7 Å². The largest absolute Gasteiger partial charge is 0.495 e. The third-order valence-electron chi connectivity index (χ3n) is 2.85. The zero-order valence-electron chi connectivity index (χ0n) is 16.2. The van der Waals surface area contributed by atoms with E-state index in [1.54, 1.807) is 31.9 Å². The van der Waals surface area contributed by atoms with Crippen molar-refractivity contribution in [2.75, 3.05) is 7.11 Å². The number of halogens is 1. The lowest BCUT2D eigenvalue weighted by Crippen LogP contribution is -1.83. The Balaban J connectivity index is 0.000000346. The third-order valence-corrected chi connectivity index (χ3v) is 2.85. The van der Waals surface area contributed by atoms with Gasteiger partial charge in [0.1, 0.15) is 11.6 Å². The molecule has 0 aromatic carbocycles. The molecule has 0 unspecified atom stereocenters. The van der Waals surface area contributed by atoms with Gasteiger partial charge in [0.05, 0.1) is 19.5 Å². The molecule has 0 radical (unpaired) electrons. The van der Waals surface area contributed by atoms with Crippen LogP contribution in [0.3, 0.4) is 0 Å². The second-order valence-corrected chi connectivity index (χ2v) is 4.79. The minimum atomic E-state index is -0.255. The predicted molar refractivity (Wildman–Crippen MR) is 105 cm³/mol. The van der Waals surface area contributed by atoms with Crippen molar-refractivity contribution in [3.8, 4) is 5.75 Å². The van der Waals surface area contributed by atoms with Crippen LogP contribution in [0.2, 0.25) is 0 Å². The van der Waals surface area contributed by atoms with E-state index >= 15 is 0 Å². The summed E-state index contributed by atoms with van der Waals surface area (Å²) in [6.45, 7) is 7.99. The summed E-state index contributed by atoms with van der Waals surface area (Å²) in [7, 11) is 1.62. The Morgan fingerprint density at radius 2 is 1.58 bits per heavy atom. The molecular formula is C21H28FN3O. The first-order valence-corrected chi connectivity index (χ1v) is 8.55. The van der Waals surface area contributed by atoms with Crippen molar-refractivity contribution >= 4 is 0 Å². The van der Waals surface area contributed by atoms with Gasteiger partial charge in [-0.1, -0.05) is 26.8 Å². The van der Waals surface area contributed by atoms with Gasteiger partial charge in [-0.25, -0.2) is 4.39 Å². The van der Waals surface area contributed by atoms with Crippen LogP contribution in [0.25, 0.3) is 0 Å². The van der Waals surface area contributed by atoms with E-state index < -0.39 is 0 Å². The molecule has 0 atom stereocenters. The standard InChI is InChI=1S/C7H8FN.C6H7NO.C6H7N.C2H6/c1-2-6-3-7(8)5-9-4-6;1-8-6-3-2-4-7-5-6;1-6-3-2-4-7-5-6;1-2/h3-5H,2H2,1H3;2-5H,1H3;2-5H,1H3;1-2H3. The number of nitrogens with zero attached hydrogens (tertiary/aromatic N) is 3. The van der Waals surface area contributed by atoms with Gasteiger partial charge in [0.2, 0.25) is 0 Å². The Hall–Kier alpha value is -2.82. The fourth-order valence-electron chi connectivity index (χ4n) is 1.57. The van der Waals surface area contributed by atoms with Crippen LogP contribution in [0.4, 0.5) is 4.39 Å². The molecule has 0 aliphatic carbocycles. The molecule has 26 heavy (non-hydrogen) atoms. The number of aryl methyl sites for hydroxylation is 2. The second-order valence-electron chi connectivity index (χ2n) is 4.79. The third kappa shape index (κ3) is 11.7. The highest BCUT2D eigenvalue weighted by atomic mass is 19.1. The quantitative estimate of drug-likeness (QED) is 0.625. The number of methoxy groups -OCH3 is 1. The molecule has 5 heteroatoms. The number of rotatable bonds is 2. The smallest absolute Gasteiger partial charge is 0.141 e. The summed E-state index contributed by atoms with van der Waals surface area (Å²) in [5, 5.41) is 0. The molecule has 0 N–H and O–H groups in total. The maximum absolute atomic E-state index is 12.3. The molecule has 0 aliphatic rings. The highest BCUT2D eigenvalue weighted by molar-refractivity contribution is 5.14. The Labute approximate surface area is 156 Å². The number of pyridine rings is 3. The van der Waals surface area contributed by atoms with Crippen LogP contribution in [0.5, 0.6) is 5.75 Å². The molecule has 3 heterocycles. The minimum absolute atomic E-state index is 0.255. The lowest BCUT2D eigenvalue weighted by atomic mass is 10.2. The monoisotopic (exact) mass is 357 g/mol. The molecule has 3 rings (SSSR count). The van der Waals surface area contributed by atoms with Crippen molar-refractivity contribution in [1.29, 1.82) is 0 Å². The summed E-state index contributed by atoms with van der Waals surface area (Å²) in [4.78, 5) is 11.4.